The van der Waals surface area contributed by atoms with Crippen LogP contribution in [0.1, 0.15) is 17.5 Å². The monoisotopic (exact) mass is 247 g/mol. The van der Waals surface area contributed by atoms with Crippen molar-refractivity contribution < 1.29 is 0 Å². The minimum atomic E-state index is 0.538. The number of hydrogen-bond acceptors (Lipinski definition) is 4. The summed E-state index contributed by atoms with van der Waals surface area (Å²) in [4.78, 5) is 4.72. The Morgan fingerprint density at radius 1 is 1.35 bits per heavy atom. The van der Waals surface area contributed by atoms with E-state index >= 15 is 0 Å². The van der Waals surface area contributed by atoms with Crippen molar-refractivity contribution in [3.05, 3.63) is 23.3 Å². The Morgan fingerprint density at radius 2 is 2.18 bits per heavy atom. The van der Waals surface area contributed by atoms with Crippen molar-refractivity contribution >= 4 is 26.7 Å². The number of aromatic nitrogens is 1. The molecule has 1 saturated heterocycles. The second-order valence-electron chi connectivity index (χ2n) is 4.73. The molecule has 3 nitrogen and oxygen atoms in total. The fraction of sp³-hybridized carbons (Fsp3) is 0.462. The highest BCUT2D eigenvalue weighted by Crippen LogP contribution is 2.31. The molecule has 1 fully saturated rings. The number of thiazole rings is 1. The Bertz CT molecular complexity index is 502. The zero-order valence-electron chi connectivity index (χ0n) is 10.2. The van der Waals surface area contributed by atoms with E-state index in [-0.39, 0.29) is 0 Å². The Labute approximate surface area is 105 Å². The first-order valence-corrected chi connectivity index (χ1v) is 6.89. The van der Waals surface area contributed by atoms with Crippen molar-refractivity contribution in [1.29, 1.82) is 0 Å². The van der Waals surface area contributed by atoms with Crippen molar-refractivity contribution in [2.45, 2.75) is 26.3 Å². The number of nitrogens with zero attached hydrogens (tertiary/aromatic N) is 1. The molecular formula is C13H17N3S. The largest absolute Gasteiger partial charge is 0.357 e. The van der Waals surface area contributed by atoms with Gasteiger partial charge in [-0.15, -0.1) is 0 Å². The fourth-order valence-corrected chi connectivity index (χ4v) is 3.36. The molecule has 0 aliphatic carbocycles. The molecule has 2 aromatic rings. The first-order valence-electron chi connectivity index (χ1n) is 6.08. The molecule has 0 saturated carbocycles. The van der Waals surface area contributed by atoms with Gasteiger partial charge in [0, 0.05) is 12.6 Å². The average Bonchev–Trinajstić information content (AvgIpc) is 2.94. The maximum Gasteiger partial charge on any atom is 0.184 e. The summed E-state index contributed by atoms with van der Waals surface area (Å²) in [5, 5.41) is 7.95. The number of rotatable bonds is 2. The van der Waals surface area contributed by atoms with E-state index in [9.17, 15) is 0 Å². The number of aryl methyl sites for hydroxylation is 2. The number of anilines is 1. The lowest BCUT2D eigenvalue weighted by atomic mass is 10.1. The lowest BCUT2D eigenvalue weighted by molar-refractivity contribution is 0.792. The van der Waals surface area contributed by atoms with E-state index in [1.54, 1.807) is 11.3 Å². The van der Waals surface area contributed by atoms with Gasteiger partial charge >= 0.3 is 0 Å². The fourth-order valence-electron chi connectivity index (χ4n) is 2.27. The van der Waals surface area contributed by atoms with Gasteiger partial charge in [0.2, 0.25) is 0 Å². The lowest BCUT2D eigenvalue weighted by Gasteiger charge is -2.08. The number of nitrogens with one attached hydrogen (secondary N) is 2. The SMILES string of the molecule is Cc1ccc(C)c2sc(NC3CCNC3)nc12. The van der Waals surface area contributed by atoms with Gasteiger partial charge in [-0.1, -0.05) is 23.5 Å². The van der Waals surface area contributed by atoms with Crippen molar-refractivity contribution in [1.82, 2.24) is 10.3 Å². The van der Waals surface area contributed by atoms with Crippen LogP contribution >= 0.6 is 11.3 Å². The molecule has 0 bridgehead atoms. The van der Waals surface area contributed by atoms with Gasteiger partial charge in [0.15, 0.2) is 5.13 Å². The third-order valence-corrected chi connectivity index (χ3v) is 4.45. The molecule has 0 amide bonds. The smallest absolute Gasteiger partial charge is 0.184 e. The Hall–Kier alpha value is -1.13. The van der Waals surface area contributed by atoms with Crippen LogP contribution in [0.2, 0.25) is 0 Å². The van der Waals surface area contributed by atoms with E-state index in [4.69, 9.17) is 4.98 Å². The summed E-state index contributed by atoms with van der Waals surface area (Å²) in [6.07, 6.45) is 1.19. The minimum Gasteiger partial charge on any atom is -0.357 e. The molecular weight excluding hydrogens is 230 g/mol. The summed E-state index contributed by atoms with van der Waals surface area (Å²) >= 11 is 1.77. The summed E-state index contributed by atoms with van der Waals surface area (Å²) in [7, 11) is 0. The van der Waals surface area contributed by atoms with E-state index in [0.717, 1.165) is 23.7 Å². The number of benzene rings is 1. The van der Waals surface area contributed by atoms with Gasteiger partial charge < -0.3 is 10.6 Å². The first-order chi connectivity index (χ1) is 8.24. The van der Waals surface area contributed by atoms with Gasteiger partial charge in [0.1, 0.15) is 0 Å². The van der Waals surface area contributed by atoms with Crippen LogP contribution in [0.15, 0.2) is 12.1 Å². The van der Waals surface area contributed by atoms with Crippen LogP contribution < -0.4 is 10.6 Å². The highest BCUT2D eigenvalue weighted by Gasteiger charge is 2.16. The summed E-state index contributed by atoms with van der Waals surface area (Å²) < 4.78 is 1.32. The van der Waals surface area contributed by atoms with E-state index in [1.165, 1.54) is 22.2 Å². The van der Waals surface area contributed by atoms with Crippen molar-refractivity contribution in [3.63, 3.8) is 0 Å². The third kappa shape index (κ3) is 2.03. The maximum absolute atomic E-state index is 4.72. The molecule has 1 aromatic carbocycles. The summed E-state index contributed by atoms with van der Waals surface area (Å²) in [5.74, 6) is 0. The zero-order valence-corrected chi connectivity index (χ0v) is 11.0. The topological polar surface area (TPSA) is 37.0 Å². The number of fused-ring (bicyclic) bond motifs is 1. The van der Waals surface area contributed by atoms with Crippen LogP contribution in [0.5, 0.6) is 0 Å². The molecule has 1 aliphatic heterocycles. The second-order valence-corrected chi connectivity index (χ2v) is 5.73. The number of hydrogen-bond donors (Lipinski definition) is 2. The Morgan fingerprint density at radius 3 is 2.88 bits per heavy atom. The second kappa shape index (κ2) is 4.27. The standard InChI is InChI=1S/C13H17N3S/c1-8-3-4-9(2)12-11(8)16-13(17-12)15-10-5-6-14-7-10/h3-4,10,14H,5-7H2,1-2H3,(H,15,16). The lowest BCUT2D eigenvalue weighted by Crippen LogP contribution is -2.21. The molecule has 1 aromatic heterocycles. The summed E-state index contributed by atoms with van der Waals surface area (Å²) in [6, 6.07) is 4.87. The highest BCUT2D eigenvalue weighted by atomic mass is 32.1. The summed E-state index contributed by atoms with van der Waals surface area (Å²) in [5.41, 5.74) is 3.74. The minimum absolute atomic E-state index is 0.538. The zero-order chi connectivity index (χ0) is 11.8. The van der Waals surface area contributed by atoms with Crippen molar-refractivity contribution in [2.24, 2.45) is 0 Å². The average molecular weight is 247 g/mol. The molecule has 1 unspecified atom stereocenters. The van der Waals surface area contributed by atoms with Gasteiger partial charge in [-0.25, -0.2) is 4.98 Å². The normalized spacial score (nSPS) is 20.0. The third-order valence-electron chi connectivity index (χ3n) is 3.33. The van der Waals surface area contributed by atoms with Crippen molar-refractivity contribution in [3.8, 4) is 0 Å². The molecule has 3 rings (SSSR count). The molecule has 4 heteroatoms. The van der Waals surface area contributed by atoms with Gasteiger partial charge in [-0.2, -0.15) is 0 Å². The van der Waals surface area contributed by atoms with Crippen LogP contribution in [0.3, 0.4) is 0 Å². The van der Waals surface area contributed by atoms with Crippen LogP contribution in [0.25, 0.3) is 10.2 Å². The van der Waals surface area contributed by atoms with E-state index < -0.39 is 0 Å². The molecule has 0 radical (unpaired) electrons. The Balaban J connectivity index is 1.95. The maximum atomic E-state index is 4.72. The predicted octanol–water partition coefficient (Wildman–Crippen LogP) is 2.69. The molecule has 90 valence electrons. The molecule has 1 atom stereocenters. The first kappa shape index (κ1) is 11.0. The van der Waals surface area contributed by atoms with Crippen molar-refractivity contribution in [2.75, 3.05) is 18.4 Å². The molecule has 2 N–H and O–H groups in total. The van der Waals surface area contributed by atoms with E-state index in [0.29, 0.717) is 6.04 Å². The molecule has 17 heavy (non-hydrogen) atoms. The predicted molar refractivity (Wildman–Crippen MR) is 74.0 cm³/mol. The molecule has 1 aliphatic rings. The van der Waals surface area contributed by atoms with Crippen LogP contribution in [0, 0.1) is 13.8 Å². The van der Waals surface area contributed by atoms with E-state index in [1.807, 2.05) is 0 Å². The van der Waals surface area contributed by atoms with Gasteiger partial charge in [-0.3, -0.25) is 0 Å². The van der Waals surface area contributed by atoms with E-state index in [2.05, 4.69) is 36.6 Å². The van der Waals surface area contributed by atoms with Gasteiger partial charge in [0.25, 0.3) is 0 Å². The quantitative estimate of drug-likeness (QED) is 0.856. The Kier molecular flexibility index (Phi) is 2.76. The van der Waals surface area contributed by atoms with Crippen LogP contribution in [-0.4, -0.2) is 24.1 Å². The highest BCUT2D eigenvalue weighted by molar-refractivity contribution is 7.22. The molecule has 0 spiro atoms. The van der Waals surface area contributed by atoms with Crippen LogP contribution in [-0.2, 0) is 0 Å². The van der Waals surface area contributed by atoms with Gasteiger partial charge in [-0.05, 0) is 37.9 Å². The summed E-state index contributed by atoms with van der Waals surface area (Å²) in [6.45, 7) is 6.44. The molecule has 2 heterocycles. The van der Waals surface area contributed by atoms with Gasteiger partial charge in [0.05, 0.1) is 10.2 Å². The van der Waals surface area contributed by atoms with Crippen LogP contribution in [0.4, 0.5) is 5.13 Å².